The third-order valence-electron chi connectivity index (χ3n) is 6.72. The minimum Gasteiger partial charge on any atom is -0.505 e. The number of aryl methyl sites for hydroxylation is 1. The van der Waals surface area contributed by atoms with E-state index in [9.17, 15) is 9.90 Å². The number of phenols is 1. The maximum Gasteiger partial charge on any atom is 0.271 e. The number of allylic oxidation sites excluding steroid dienone is 1. The molecule has 1 N–H and O–H groups in total. The van der Waals surface area contributed by atoms with E-state index in [1.165, 1.54) is 16.9 Å². The Kier molecular flexibility index (Phi) is 6.19. The summed E-state index contributed by atoms with van der Waals surface area (Å²) in [6.45, 7) is 2.54. The smallest absolute Gasteiger partial charge is 0.271 e. The van der Waals surface area contributed by atoms with E-state index in [0.29, 0.717) is 21.5 Å². The van der Waals surface area contributed by atoms with Crippen molar-refractivity contribution in [3.8, 4) is 11.5 Å². The predicted octanol–water partition coefficient (Wildman–Crippen LogP) is 5.73. The number of nitrogens with zero attached hydrogens (tertiary/aromatic N) is 2. The molecule has 186 valence electrons. The van der Waals surface area contributed by atoms with Crippen LogP contribution in [0.5, 0.6) is 11.5 Å². The van der Waals surface area contributed by atoms with Crippen LogP contribution in [0.1, 0.15) is 41.6 Å². The Balaban J connectivity index is 1.58. The molecule has 3 aromatic carbocycles. The van der Waals surface area contributed by atoms with Crippen molar-refractivity contribution < 1.29 is 9.84 Å². The molecule has 0 saturated heterocycles. The number of phenolic OH excluding ortho intramolecular Hbond substituents is 1. The normalized spacial score (nSPS) is 16.6. The number of fused-ring (bicyclic) bond motifs is 3. The van der Waals surface area contributed by atoms with Crippen LogP contribution in [0.3, 0.4) is 0 Å². The SMILES string of the molecule is CCOc1ccc(C2C3=C(N=c4sc(=Cc5cc(Cl)c(O)c(Cl)c5)c(=O)n42)c2ccccc2CC3)cc1. The van der Waals surface area contributed by atoms with Crippen LogP contribution in [0.4, 0.5) is 0 Å². The molecule has 6 rings (SSSR count). The standard InChI is InChI=1S/C29H22Cl2N2O3S/c1-2-36-19-10-7-18(8-11-19)26-21-12-9-17-5-3-4-6-20(17)25(21)32-29-33(26)28(35)24(37-29)15-16-13-22(30)27(34)23(31)14-16/h3-8,10-11,13-15,26,34H,2,9,12H2,1H3. The van der Waals surface area contributed by atoms with Crippen LogP contribution in [-0.2, 0) is 6.42 Å². The maximum atomic E-state index is 13.8. The van der Waals surface area contributed by atoms with Crippen LogP contribution in [0.25, 0.3) is 11.8 Å². The van der Waals surface area contributed by atoms with Gasteiger partial charge in [0.2, 0.25) is 0 Å². The number of aromatic hydroxyl groups is 1. The first kappa shape index (κ1) is 24.0. The van der Waals surface area contributed by atoms with E-state index in [-0.39, 0.29) is 27.4 Å². The molecule has 5 nitrogen and oxygen atoms in total. The highest BCUT2D eigenvalue weighted by Crippen LogP contribution is 2.41. The molecule has 1 aromatic heterocycles. The largest absolute Gasteiger partial charge is 0.505 e. The lowest BCUT2D eigenvalue weighted by Gasteiger charge is -2.30. The van der Waals surface area contributed by atoms with Gasteiger partial charge in [-0.05, 0) is 72.4 Å². The fourth-order valence-corrected chi connectivity index (χ4v) is 6.56. The minimum atomic E-state index is -0.274. The molecule has 8 heteroatoms. The van der Waals surface area contributed by atoms with Gasteiger partial charge in [0.05, 0.1) is 32.9 Å². The van der Waals surface area contributed by atoms with Gasteiger partial charge < -0.3 is 9.84 Å². The zero-order chi connectivity index (χ0) is 25.7. The summed E-state index contributed by atoms with van der Waals surface area (Å²) in [4.78, 5) is 19.5. The van der Waals surface area contributed by atoms with Gasteiger partial charge in [-0.15, -0.1) is 0 Å². The van der Waals surface area contributed by atoms with E-state index in [0.717, 1.165) is 41.0 Å². The van der Waals surface area contributed by atoms with Crippen molar-refractivity contribution in [1.29, 1.82) is 0 Å². The first-order valence-corrected chi connectivity index (χ1v) is 13.6. The van der Waals surface area contributed by atoms with Gasteiger partial charge in [-0.1, -0.05) is 70.9 Å². The van der Waals surface area contributed by atoms with Crippen molar-refractivity contribution in [3.63, 3.8) is 0 Å². The zero-order valence-electron chi connectivity index (χ0n) is 19.9. The van der Waals surface area contributed by atoms with Crippen molar-refractivity contribution in [2.75, 3.05) is 6.61 Å². The van der Waals surface area contributed by atoms with Crippen LogP contribution < -0.4 is 19.6 Å². The highest BCUT2D eigenvalue weighted by Gasteiger charge is 2.32. The lowest BCUT2D eigenvalue weighted by molar-refractivity contribution is 0.340. The van der Waals surface area contributed by atoms with Gasteiger partial charge in [0.1, 0.15) is 5.75 Å². The van der Waals surface area contributed by atoms with Crippen LogP contribution in [0, 0.1) is 0 Å². The summed E-state index contributed by atoms with van der Waals surface area (Å²) in [6, 6.07) is 19.2. The fraction of sp³-hybridized carbons (Fsp3) is 0.172. The minimum absolute atomic E-state index is 0.130. The van der Waals surface area contributed by atoms with Gasteiger partial charge in [0.15, 0.2) is 10.6 Å². The van der Waals surface area contributed by atoms with E-state index >= 15 is 0 Å². The molecule has 0 radical (unpaired) electrons. The Bertz CT molecular complexity index is 1730. The molecule has 0 fully saturated rings. The molecule has 0 saturated carbocycles. The summed E-state index contributed by atoms with van der Waals surface area (Å²) >= 11 is 13.6. The van der Waals surface area contributed by atoms with E-state index in [4.69, 9.17) is 32.9 Å². The Hall–Kier alpha value is -3.32. The molecule has 2 heterocycles. The molecule has 0 amide bonds. The van der Waals surface area contributed by atoms with Gasteiger partial charge in [-0.3, -0.25) is 9.36 Å². The second-order valence-corrected chi connectivity index (χ2v) is 10.8. The number of aromatic nitrogens is 1. The Morgan fingerprint density at radius 3 is 2.57 bits per heavy atom. The van der Waals surface area contributed by atoms with Crippen molar-refractivity contribution in [2.24, 2.45) is 4.99 Å². The van der Waals surface area contributed by atoms with Crippen LogP contribution in [-0.4, -0.2) is 16.3 Å². The second-order valence-electron chi connectivity index (χ2n) is 8.95. The van der Waals surface area contributed by atoms with Crippen molar-refractivity contribution in [2.45, 2.75) is 25.8 Å². The first-order chi connectivity index (χ1) is 17.9. The quantitative estimate of drug-likeness (QED) is 0.354. The van der Waals surface area contributed by atoms with Gasteiger partial charge in [-0.25, -0.2) is 4.99 Å². The molecule has 1 aliphatic carbocycles. The maximum absolute atomic E-state index is 13.8. The molecule has 2 aliphatic rings. The number of thiazole rings is 1. The molecule has 1 unspecified atom stereocenters. The molecule has 4 aromatic rings. The monoisotopic (exact) mass is 548 g/mol. The highest BCUT2D eigenvalue weighted by atomic mass is 35.5. The van der Waals surface area contributed by atoms with Gasteiger partial charge >= 0.3 is 0 Å². The summed E-state index contributed by atoms with van der Waals surface area (Å²) < 4.78 is 7.96. The molecule has 1 atom stereocenters. The van der Waals surface area contributed by atoms with E-state index in [1.807, 2.05) is 37.3 Å². The fourth-order valence-electron chi connectivity index (χ4n) is 5.06. The molecular formula is C29H22Cl2N2O3S. The number of benzene rings is 3. The average Bonchev–Trinajstić information content (AvgIpc) is 3.21. The molecule has 0 spiro atoms. The first-order valence-electron chi connectivity index (χ1n) is 12.0. The zero-order valence-corrected chi connectivity index (χ0v) is 22.2. The second kappa shape index (κ2) is 9.53. The number of rotatable bonds is 4. The Morgan fingerprint density at radius 1 is 1.11 bits per heavy atom. The summed E-state index contributed by atoms with van der Waals surface area (Å²) in [5.74, 6) is 0.617. The van der Waals surface area contributed by atoms with E-state index < -0.39 is 0 Å². The predicted molar refractivity (Wildman–Crippen MR) is 148 cm³/mol. The van der Waals surface area contributed by atoms with Gasteiger partial charge in [0, 0.05) is 5.56 Å². The molecular weight excluding hydrogens is 527 g/mol. The lowest BCUT2D eigenvalue weighted by atomic mass is 9.83. The molecule has 1 aliphatic heterocycles. The lowest BCUT2D eigenvalue weighted by Crippen LogP contribution is -2.38. The van der Waals surface area contributed by atoms with Crippen LogP contribution in [0.2, 0.25) is 10.0 Å². The number of hydrogen-bond acceptors (Lipinski definition) is 5. The Morgan fingerprint density at radius 2 is 1.84 bits per heavy atom. The van der Waals surface area contributed by atoms with Gasteiger partial charge in [0.25, 0.3) is 5.56 Å². The number of hydrogen-bond donors (Lipinski definition) is 1. The van der Waals surface area contributed by atoms with Crippen LogP contribution in [0.15, 0.2) is 76.0 Å². The number of ether oxygens (including phenoxy) is 1. The summed E-state index contributed by atoms with van der Waals surface area (Å²) in [5, 5.41) is 10.2. The third kappa shape index (κ3) is 4.19. The highest BCUT2D eigenvalue weighted by molar-refractivity contribution is 7.07. The van der Waals surface area contributed by atoms with Crippen molar-refractivity contribution >= 4 is 46.3 Å². The molecule has 0 bridgehead atoms. The number of halogens is 2. The van der Waals surface area contributed by atoms with Crippen molar-refractivity contribution in [1.82, 2.24) is 4.57 Å². The van der Waals surface area contributed by atoms with E-state index in [1.54, 1.807) is 22.8 Å². The molecule has 37 heavy (non-hydrogen) atoms. The summed E-state index contributed by atoms with van der Waals surface area (Å²) in [5.41, 5.74) is 5.98. The Labute approximate surface area is 227 Å². The average molecular weight is 549 g/mol. The van der Waals surface area contributed by atoms with E-state index in [2.05, 4.69) is 18.2 Å². The van der Waals surface area contributed by atoms with Gasteiger partial charge in [-0.2, -0.15) is 0 Å². The summed E-state index contributed by atoms with van der Waals surface area (Å²) in [6.07, 6.45) is 3.46. The van der Waals surface area contributed by atoms with Crippen LogP contribution >= 0.6 is 34.5 Å². The summed E-state index contributed by atoms with van der Waals surface area (Å²) in [7, 11) is 0. The topological polar surface area (TPSA) is 63.8 Å². The third-order valence-corrected chi connectivity index (χ3v) is 8.28. The van der Waals surface area contributed by atoms with Crippen molar-refractivity contribution in [3.05, 3.63) is 118 Å².